The number of thioether (sulfide) groups is 1. The van der Waals surface area contributed by atoms with Crippen molar-refractivity contribution in [3.05, 3.63) is 0 Å². The van der Waals surface area contributed by atoms with Gasteiger partial charge in [0.25, 0.3) is 0 Å². The average molecular weight is 464 g/mol. The number of hydrogen-bond donors (Lipinski definition) is 0. The fraction of sp³-hybridized carbons (Fsp3) is 0.889. The van der Waals surface area contributed by atoms with Gasteiger partial charge >= 0.3 is 5.97 Å². The Morgan fingerprint density at radius 1 is 0.750 bits per heavy atom. The van der Waals surface area contributed by atoms with E-state index in [4.69, 9.17) is 4.84 Å². The zero-order valence-electron chi connectivity index (χ0n) is 20.3. The minimum atomic E-state index is -0.226. The highest BCUT2D eigenvalue weighted by Crippen LogP contribution is 2.39. The lowest BCUT2D eigenvalue weighted by molar-refractivity contribution is -0.149. The van der Waals surface area contributed by atoms with Gasteiger partial charge in [-0.05, 0) is 64.2 Å². The molecule has 0 aromatic heterocycles. The van der Waals surface area contributed by atoms with Gasteiger partial charge in [-0.1, -0.05) is 69.9 Å². The average Bonchev–Trinajstić information content (AvgIpc) is 2.84. The van der Waals surface area contributed by atoms with Crippen LogP contribution in [-0.2, 0) is 14.4 Å². The summed E-state index contributed by atoms with van der Waals surface area (Å²) in [7, 11) is 0. The van der Waals surface area contributed by atoms with Crippen molar-refractivity contribution in [1.29, 1.82) is 0 Å². The molecule has 0 amide bonds. The number of nitrogens with zero attached hydrogens (tertiary/aromatic N) is 1. The van der Waals surface area contributed by atoms with E-state index in [0.29, 0.717) is 12.1 Å². The number of unbranched alkanes of at least 4 members (excludes halogenated alkanes) is 3. The third-order valence-corrected chi connectivity index (χ3v) is 9.43. The first-order chi connectivity index (χ1) is 15.7. The van der Waals surface area contributed by atoms with Gasteiger partial charge in [0.05, 0.1) is 5.92 Å². The summed E-state index contributed by atoms with van der Waals surface area (Å²) in [5, 5.41) is 5.76. The second-order valence-corrected chi connectivity index (χ2v) is 11.9. The van der Waals surface area contributed by atoms with E-state index in [1.165, 1.54) is 51.4 Å². The molecule has 5 heteroatoms. The van der Waals surface area contributed by atoms with E-state index in [-0.39, 0.29) is 23.6 Å². The molecule has 182 valence electrons. The molecule has 0 spiro atoms. The van der Waals surface area contributed by atoms with Crippen molar-refractivity contribution in [3.63, 3.8) is 0 Å². The zero-order chi connectivity index (χ0) is 22.6. The Hall–Kier alpha value is -0.840. The van der Waals surface area contributed by atoms with Crippen LogP contribution in [0.3, 0.4) is 0 Å². The maximum atomic E-state index is 13.3. The molecule has 0 N–H and O–H groups in total. The van der Waals surface area contributed by atoms with Crippen molar-refractivity contribution in [2.75, 3.05) is 0 Å². The van der Waals surface area contributed by atoms with Gasteiger partial charge < -0.3 is 4.84 Å². The standard InChI is InChI=1S/C27H45NO3S/c1-2-3-4-11-16-25(28-31-27(30)22-12-7-5-8-13-22)26(29)21-17-19-24(20-18-21)32-23-14-9-6-10-15-23/h21-24H,2-20H2,1H3/b28-25-. The van der Waals surface area contributed by atoms with Crippen LogP contribution in [0.4, 0.5) is 0 Å². The molecule has 3 fully saturated rings. The van der Waals surface area contributed by atoms with E-state index in [0.717, 1.165) is 74.7 Å². The summed E-state index contributed by atoms with van der Waals surface area (Å²) in [6, 6.07) is 0. The lowest BCUT2D eigenvalue weighted by atomic mass is 9.83. The van der Waals surface area contributed by atoms with Crippen LogP contribution in [0.1, 0.15) is 129 Å². The van der Waals surface area contributed by atoms with Crippen LogP contribution in [0.15, 0.2) is 5.16 Å². The maximum absolute atomic E-state index is 13.3. The summed E-state index contributed by atoms with van der Waals surface area (Å²) in [6.45, 7) is 2.19. The number of hydrogen-bond acceptors (Lipinski definition) is 5. The normalized spacial score (nSPS) is 26.1. The molecule has 0 bridgehead atoms. The van der Waals surface area contributed by atoms with Crippen molar-refractivity contribution in [2.24, 2.45) is 17.0 Å². The van der Waals surface area contributed by atoms with Gasteiger partial charge in [-0.2, -0.15) is 11.8 Å². The van der Waals surface area contributed by atoms with E-state index in [1.807, 2.05) is 0 Å². The highest BCUT2D eigenvalue weighted by Gasteiger charge is 2.31. The Bertz CT molecular complexity index is 600. The van der Waals surface area contributed by atoms with E-state index >= 15 is 0 Å². The van der Waals surface area contributed by atoms with Gasteiger partial charge in [0.2, 0.25) is 0 Å². The van der Waals surface area contributed by atoms with Gasteiger partial charge in [-0.25, -0.2) is 4.79 Å². The molecule has 0 saturated heterocycles. The zero-order valence-corrected chi connectivity index (χ0v) is 21.1. The highest BCUT2D eigenvalue weighted by atomic mass is 32.2. The van der Waals surface area contributed by atoms with Crippen LogP contribution in [0.25, 0.3) is 0 Å². The number of rotatable bonds is 11. The Balaban J connectivity index is 1.51. The SMILES string of the molecule is CCCCCC/C(=N/OC(=O)C1CCCCC1)C(=O)C1CCC(SC2CCCCC2)CC1. The lowest BCUT2D eigenvalue weighted by Gasteiger charge is -2.31. The molecular formula is C27H45NO3S. The Morgan fingerprint density at radius 3 is 2.03 bits per heavy atom. The van der Waals surface area contributed by atoms with Crippen LogP contribution in [0.5, 0.6) is 0 Å². The molecule has 3 saturated carbocycles. The van der Waals surface area contributed by atoms with Gasteiger partial charge in [0, 0.05) is 16.4 Å². The van der Waals surface area contributed by atoms with Gasteiger partial charge in [0.15, 0.2) is 5.78 Å². The Morgan fingerprint density at radius 2 is 1.38 bits per heavy atom. The van der Waals surface area contributed by atoms with Crippen molar-refractivity contribution in [1.82, 2.24) is 0 Å². The molecule has 0 atom stereocenters. The van der Waals surface area contributed by atoms with Crippen LogP contribution >= 0.6 is 11.8 Å². The molecule has 0 aromatic carbocycles. The predicted molar refractivity (Wildman–Crippen MR) is 134 cm³/mol. The maximum Gasteiger partial charge on any atom is 0.338 e. The molecule has 3 rings (SSSR count). The van der Waals surface area contributed by atoms with Crippen LogP contribution in [0.2, 0.25) is 0 Å². The molecule has 0 aromatic rings. The number of carbonyl (C=O) groups excluding carboxylic acids is 2. The summed E-state index contributed by atoms with van der Waals surface area (Å²) in [5.41, 5.74) is 0.522. The topological polar surface area (TPSA) is 55.7 Å². The molecule has 32 heavy (non-hydrogen) atoms. The monoisotopic (exact) mass is 463 g/mol. The van der Waals surface area contributed by atoms with Crippen molar-refractivity contribution >= 4 is 29.2 Å². The van der Waals surface area contributed by atoms with Gasteiger partial charge in [-0.3, -0.25) is 4.79 Å². The predicted octanol–water partition coefficient (Wildman–Crippen LogP) is 7.63. The minimum absolute atomic E-state index is 0.0313. The molecule has 4 nitrogen and oxygen atoms in total. The second-order valence-electron chi connectivity index (χ2n) is 10.3. The van der Waals surface area contributed by atoms with Crippen molar-refractivity contribution in [2.45, 2.75) is 139 Å². The van der Waals surface area contributed by atoms with Crippen molar-refractivity contribution < 1.29 is 14.4 Å². The largest absolute Gasteiger partial charge is 0.338 e. The molecule has 0 aliphatic heterocycles. The number of ketones is 1. The number of oxime groups is 1. The molecule has 3 aliphatic rings. The summed E-state index contributed by atoms with van der Waals surface area (Å²) >= 11 is 2.20. The fourth-order valence-electron chi connectivity index (χ4n) is 5.62. The summed E-state index contributed by atoms with van der Waals surface area (Å²) in [5.74, 6) is -0.0390. The molecule has 0 radical (unpaired) electrons. The first kappa shape index (κ1) is 25.8. The van der Waals surface area contributed by atoms with Gasteiger partial charge in [0.1, 0.15) is 5.71 Å². The second kappa shape index (κ2) is 14.4. The van der Waals surface area contributed by atoms with E-state index < -0.39 is 0 Å². The molecular weight excluding hydrogens is 418 g/mol. The lowest BCUT2D eigenvalue weighted by Crippen LogP contribution is -2.30. The molecule has 0 heterocycles. The van der Waals surface area contributed by atoms with Crippen molar-refractivity contribution in [3.8, 4) is 0 Å². The molecule has 0 unspecified atom stereocenters. The van der Waals surface area contributed by atoms with E-state index in [2.05, 4.69) is 23.8 Å². The summed E-state index contributed by atoms with van der Waals surface area (Å²) in [6.07, 6.45) is 21.4. The summed E-state index contributed by atoms with van der Waals surface area (Å²) in [4.78, 5) is 31.1. The Labute approximate surface area is 200 Å². The Kier molecular flexibility index (Phi) is 11.6. The third kappa shape index (κ3) is 8.50. The number of Topliss-reactive ketones (excluding diaryl/α,β-unsaturated/α-hetero) is 1. The van der Waals surface area contributed by atoms with E-state index in [1.54, 1.807) is 0 Å². The van der Waals surface area contributed by atoms with Crippen LogP contribution in [-0.4, -0.2) is 28.0 Å². The fourth-order valence-corrected chi connectivity index (χ4v) is 7.31. The summed E-state index contributed by atoms with van der Waals surface area (Å²) < 4.78 is 0. The van der Waals surface area contributed by atoms with Crippen LogP contribution < -0.4 is 0 Å². The highest BCUT2D eigenvalue weighted by molar-refractivity contribution is 8.00. The minimum Gasteiger partial charge on any atom is -0.318 e. The third-order valence-electron chi connectivity index (χ3n) is 7.72. The molecule has 3 aliphatic carbocycles. The van der Waals surface area contributed by atoms with E-state index in [9.17, 15) is 9.59 Å². The first-order valence-electron chi connectivity index (χ1n) is 13.6. The first-order valence-corrected chi connectivity index (χ1v) is 14.6. The number of carbonyl (C=O) groups is 2. The van der Waals surface area contributed by atoms with Gasteiger partial charge in [-0.15, -0.1) is 0 Å². The smallest absolute Gasteiger partial charge is 0.318 e. The van der Waals surface area contributed by atoms with Crippen LogP contribution in [0, 0.1) is 11.8 Å². The quantitative estimate of drug-likeness (QED) is 0.137.